The minimum absolute atomic E-state index is 0.295. The van der Waals surface area contributed by atoms with E-state index in [1.165, 1.54) is 19.3 Å². The lowest BCUT2D eigenvalue weighted by atomic mass is 9.75. The Morgan fingerprint density at radius 3 is 2.44 bits per heavy atom. The summed E-state index contributed by atoms with van der Waals surface area (Å²) in [6.45, 7) is 0.991. The highest BCUT2D eigenvalue weighted by atomic mass is 35.5. The highest BCUT2D eigenvalue weighted by Gasteiger charge is 2.40. The lowest BCUT2D eigenvalue weighted by Crippen LogP contribution is -2.56. The summed E-state index contributed by atoms with van der Waals surface area (Å²) in [6, 6.07) is 5.65. The van der Waals surface area contributed by atoms with E-state index in [1.54, 1.807) is 0 Å². The fourth-order valence-corrected chi connectivity index (χ4v) is 2.87. The highest BCUT2D eigenvalue weighted by molar-refractivity contribution is 6.31. The van der Waals surface area contributed by atoms with Gasteiger partial charge in [-0.05, 0) is 51.6 Å². The average Bonchev–Trinajstić information content (AvgIpc) is 2.26. The molecule has 1 aromatic rings. The van der Waals surface area contributed by atoms with Gasteiger partial charge in [0.15, 0.2) is 0 Å². The van der Waals surface area contributed by atoms with Gasteiger partial charge < -0.3 is 15.5 Å². The van der Waals surface area contributed by atoms with Gasteiger partial charge in [-0.15, -0.1) is 0 Å². The van der Waals surface area contributed by atoms with E-state index in [4.69, 9.17) is 17.3 Å². The van der Waals surface area contributed by atoms with E-state index >= 15 is 0 Å². The first kappa shape index (κ1) is 13.5. The molecule has 0 atom stereocenters. The van der Waals surface area contributed by atoms with Crippen molar-refractivity contribution in [2.45, 2.75) is 24.8 Å². The molecule has 0 aromatic heterocycles. The Bertz CT molecular complexity index is 427. The molecule has 0 bridgehead atoms. The van der Waals surface area contributed by atoms with Gasteiger partial charge in [0, 0.05) is 24.2 Å². The van der Waals surface area contributed by atoms with Crippen molar-refractivity contribution in [1.82, 2.24) is 4.90 Å². The molecule has 0 amide bonds. The van der Waals surface area contributed by atoms with Crippen LogP contribution in [-0.4, -0.2) is 38.1 Å². The van der Waals surface area contributed by atoms with Crippen LogP contribution < -0.4 is 10.6 Å². The molecule has 3 nitrogen and oxygen atoms in total. The molecule has 1 saturated carbocycles. The van der Waals surface area contributed by atoms with Gasteiger partial charge >= 0.3 is 0 Å². The van der Waals surface area contributed by atoms with Gasteiger partial charge in [-0.2, -0.15) is 0 Å². The van der Waals surface area contributed by atoms with E-state index in [9.17, 15) is 0 Å². The third-order valence-corrected chi connectivity index (χ3v) is 4.40. The van der Waals surface area contributed by atoms with Crippen LogP contribution in [0.1, 0.15) is 19.3 Å². The Morgan fingerprint density at radius 2 is 1.94 bits per heavy atom. The molecule has 100 valence electrons. The third kappa shape index (κ3) is 2.43. The molecule has 0 aliphatic heterocycles. The molecule has 4 heteroatoms. The first-order chi connectivity index (χ1) is 8.44. The summed E-state index contributed by atoms with van der Waals surface area (Å²) in [5, 5.41) is 0.735. The maximum Gasteiger partial charge on any atom is 0.0612 e. The van der Waals surface area contributed by atoms with E-state index < -0.39 is 0 Å². The second kappa shape index (κ2) is 4.98. The van der Waals surface area contributed by atoms with Crippen molar-refractivity contribution in [2.24, 2.45) is 0 Å². The van der Waals surface area contributed by atoms with Crippen LogP contribution in [0.2, 0.25) is 5.02 Å². The summed E-state index contributed by atoms with van der Waals surface area (Å²) in [7, 11) is 6.41. The second-order valence-corrected chi connectivity index (χ2v) is 5.97. The second-order valence-electron chi connectivity index (χ2n) is 5.53. The van der Waals surface area contributed by atoms with Crippen molar-refractivity contribution in [2.75, 3.05) is 38.3 Å². The SMILES string of the molecule is CN(CC1(N(C)C)CCC1)c1cc(Cl)ccc1N. The smallest absolute Gasteiger partial charge is 0.0612 e. The Hall–Kier alpha value is -0.930. The summed E-state index contributed by atoms with van der Waals surface area (Å²) >= 11 is 6.05. The number of benzene rings is 1. The molecule has 1 fully saturated rings. The minimum atomic E-state index is 0.295. The fourth-order valence-electron chi connectivity index (χ4n) is 2.71. The van der Waals surface area contributed by atoms with Gasteiger partial charge in [-0.1, -0.05) is 11.6 Å². The number of anilines is 2. The number of nitrogens with two attached hydrogens (primary N) is 1. The van der Waals surface area contributed by atoms with Gasteiger partial charge in [0.25, 0.3) is 0 Å². The van der Waals surface area contributed by atoms with Crippen LogP contribution in [0, 0.1) is 0 Å². The van der Waals surface area contributed by atoms with E-state index in [2.05, 4.69) is 30.9 Å². The molecule has 2 rings (SSSR count). The predicted octanol–water partition coefficient (Wildman–Crippen LogP) is 2.84. The molecule has 0 spiro atoms. The lowest BCUT2D eigenvalue weighted by molar-refractivity contribution is 0.0683. The lowest BCUT2D eigenvalue weighted by Gasteiger charge is -2.49. The van der Waals surface area contributed by atoms with Crippen LogP contribution in [0.4, 0.5) is 11.4 Å². The summed E-state index contributed by atoms with van der Waals surface area (Å²) in [4.78, 5) is 4.56. The van der Waals surface area contributed by atoms with Crippen molar-refractivity contribution >= 4 is 23.0 Å². The van der Waals surface area contributed by atoms with Crippen LogP contribution in [0.25, 0.3) is 0 Å². The van der Waals surface area contributed by atoms with Crippen molar-refractivity contribution < 1.29 is 0 Å². The number of likely N-dealkylation sites (N-methyl/N-ethyl adjacent to an activating group) is 2. The molecule has 0 saturated heterocycles. The number of nitrogens with zero attached hydrogens (tertiary/aromatic N) is 2. The molecule has 1 aromatic carbocycles. The molecule has 18 heavy (non-hydrogen) atoms. The predicted molar refractivity (Wildman–Crippen MR) is 79.4 cm³/mol. The van der Waals surface area contributed by atoms with E-state index in [0.29, 0.717) is 5.54 Å². The van der Waals surface area contributed by atoms with E-state index in [-0.39, 0.29) is 0 Å². The van der Waals surface area contributed by atoms with Crippen LogP contribution in [-0.2, 0) is 0 Å². The fraction of sp³-hybridized carbons (Fsp3) is 0.571. The van der Waals surface area contributed by atoms with Crippen LogP contribution >= 0.6 is 11.6 Å². The summed E-state index contributed by atoms with van der Waals surface area (Å²) < 4.78 is 0. The Kier molecular flexibility index (Phi) is 3.74. The maximum atomic E-state index is 6.05. The van der Waals surface area contributed by atoms with Crippen molar-refractivity contribution in [1.29, 1.82) is 0 Å². The van der Waals surface area contributed by atoms with Gasteiger partial charge in [0.05, 0.1) is 11.4 Å². The normalized spacial score (nSPS) is 17.6. The summed E-state index contributed by atoms with van der Waals surface area (Å²) in [6.07, 6.45) is 3.83. The van der Waals surface area contributed by atoms with Crippen LogP contribution in [0.5, 0.6) is 0 Å². The maximum absolute atomic E-state index is 6.05. The van der Waals surface area contributed by atoms with Gasteiger partial charge in [-0.25, -0.2) is 0 Å². The molecule has 1 aliphatic rings. The molecule has 0 unspecified atom stereocenters. The Labute approximate surface area is 115 Å². The van der Waals surface area contributed by atoms with Crippen LogP contribution in [0.3, 0.4) is 0 Å². The topological polar surface area (TPSA) is 32.5 Å². The minimum Gasteiger partial charge on any atom is -0.397 e. The van der Waals surface area contributed by atoms with E-state index in [0.717, 1.165) is 22.9 Å². The molecule has 2 N–H and O–H groups in total. The van der Waals surface area contributed by atoms with E-state index in [1.807, 2.05) is 18.2 Å². The largest absolute Gasteiger partial charge is 0.397 e. The monoisotopic (exact) mass is 267 g/mol. The third-order valence-electron chi connectivity index (χ3n) is 4.17. The number of rotatable bonds is 4. The van der Waals surface area contributed by atoms with Gasteiger partial charge in [0.2, 0.25) is 0 Å². The molecular formula is C14H22ClN3. The van der Waals surface area contributed by atoms with Gasteiger partial charge in [0.1, 0.15) is 0 Å². The highest BCUT2D eigenvalue weighted by Crippen LogP contribution is 2.38. The number of nitrogen functional groups attached to an aromatic ring is 1. The standard InChI is InChI=1S/C14H22ClN3/c1-17(2)14(7-4-8-14)10-18(3)13-9-11(15)5-6-12(13)16/h5-6,9H,4,7-8,10,16H2,1-3H3. The van der Waals surface area contributed by atoms with Gasteiger partial charge in [-0.3, -0.25) is 0 Å². The Balaban J connectivity index is 2.16. The Morgan fingerprint density at radius 1 is 1.28 bits per heavy atom. The van der Waals surface area contributed by atoms with Crippen molar-refractivity contribution in [3.8, 4) is 0 Å². The number of halogens is 1. The molecular weight excluding hydrogens is 246 g/mol. The summed E-state index contributed by atoms with van der Waals surface area (Å²) in [5.74, 6) is 0. The number of hydrogen-bond acceptors (Lipinski definition) is 3. The van der Waals surface area contributed by atoms with Crippen LogP contribution in [0.15, 0.2) is 18.2 Å². The zero-order chi connectivity index (χ0) is 13.3. The molecule has 0 radical (unpaired) electrons. The quantitative estimate of drug-likeness (QED) is 0.852. The zero-order valence-electron chi connectivity index (χ0n) is 11.4. The first-order valence-electron chi connectivity index (χ1n) is 6.38. The average molecular weight is 268 g/mol. The molecule has 1 aliphatic carbocycles. The van der Waals surface area contributed by atoms with Crippen molar-refractivity contribution in [3.63, 3.8) is 0 Å². The summed E-state index contributed by atoms with van der Waals surface area (Å²) in [5.41, 5.74) is 8.14. The number of hydrogen-bond donors (Lipinski definition) is 1. The first-order valence-corrected chi connectivity index (χ1v) is 6.76. The zero-order valence-corrected chi connectivity index (χ0v) is 12.2. The van der Waals surface area contributed by atoms with Crippen molar-refractivity contribution in [3.05, 3.63) is 23.2 Å². The molecule has 0 heterocycles.